The summed E-state index contributed by atoms with van der Waals surface area (Å²) >= 11 is 0. The Morgan fingerprint density at radius 1 is 1.09 bits per heavy atom. The minimum atomic E-state index is -3.46. The predicted molar refractivity (Wildman–Crippen MR) is 83.8 cm³/mol. The molecule has 1 amide bonds. The molecule has 22 heavy (non-hydrogen) atoms. The lowest BCUT2D eigenvalue weighted by molar-refractivity contribution is -0.142. The van der Waals surface area contributed by atoms with Crippen molar-refractivity contribution >= 4 is 19.5 Å². The van der Waals surface area contributed by atoms with Gasteiger partial charge in [0.15, 0.2) is 0 Å². The summed E-state index contributed by atoms with van der Waals surface area (Å²) in [5.41, 5.74) is -0.519. The molecule has 0 atom stereocenters. The predicted octanol–water partition coefficient (Wildman–Crippen LogP) is 2.44. The van der Waals surface area contributed by atoms with Gasteiger partial charge in [-0.05, 0) is 34.6 Å². The van der Waals surface area contributed by atoms with Crippen molar-refractivity contribution in [2.75, 3.05) is 33.0 Å². The molecule has 0 rings (SSSR count). The van der Waals surface area contributed by atoms with Crippen LogP contribution < -0.4 is 0 Å². The third kappa shape index (κ3) is 7.38. The van der Waals surface area contributed by atoms with Crippen LogP contribution in [-0.2, 0) is 27.9 Å². The number of ether oxygens (including phenoxy) is 1. The zero-order chi connectivity index (χ0) is 17.4. The Morgan fingerprint density at radius 2 is 1.59 bits per heavy atom. The van der Waals surface area contributed by atoms with Crippen LogP contribution in [0.1, 0.15) is 41.0 Å². The topological polar surface area (TPSA) is 82.1 Å². The number of carbonyl (C=O) groups is 2. The van der Waals surface area contributed by atoms with Crippen LogP contribution in [0.2, 0.25) is 0 Å². The standard InChI is InChI=1S/C14H28NO6P/c1-7-20-22(18,21-8-2)11-12(16)15(14(3,4)5)10-9-13(17)19-6/h7-11H2,1-6H3. The Labute approximate surface area is 132 Å². The van der Waals surface area contributed by atoms with Crippen LogP contribution in [0.4, 0.5) is 0 Å². The van der Waals surface area contributed by atoms with Gasteiger partial charge >= 0.3 is 13.6 Å². The molecule has 0 aromatic rings. The molecule has 0 aromatic carbocycles. The Kier molecular flexibility index (Phi) is 8.89. The largest absolute Gasteiger partial charge is 0.469 e. The van der Waals surface area contributed by atoms with Crippen molar-refractivity contribution in [1.82, 2.24) is 4.90 Å². The molecule has 0 aliphatic heterocycles. The molecule has 0 aromatic heterocycles. The number of esters is 1. The summed E-state index contributed by atoms with van der Waals surface area (Å²) in [4.78, 5) is 25.3. The molecule has 7 nitrogen and oxygen atoms in total. The SMILES string of the molecule is CCOP(=O)(CC(=O)N(CCC(=O)OC)C(C)(C)C)OCC. The van der Waals surface area contributed by atoms with Gasteiger partial charge in [0.25, 0.3) is 0 Å². The van der Waals surface area contributed by atoms with Crippen molar-refractivity contribution in [2.45, 2.75) is 46.6 Å². The van der Waals surface area contributed by atoms with Gasteiger partial charge in [-0.2, -0.15) is 0 Å². The van der Waals surface area contributed by atoms with Crippen molar-refractivity contribution in [1.29, 1.82) is 0 Å². The number of carbonyl (C=O) groups excluding carboxylic acids is 2. The van der Waals surface area contributed by atoms with E-state index in [2.05, 4.69) is 4.74 Å². The highest BCUT2D eigenvalue weighted by Gasteiger charge is 2.34. The van der Waals surface area contributed by atoms with E-state index in [9.17, 15) is 14.2 Å². The summed E-state index contributed by atoms with van der Waals surface area (Å²) in [6.07, 6.45) is -0.264. The Bertz CT molecular complexity index is 408. The molecule has 0 heterocycles. The molecular formula is C14H28NO6P. The smallest absolute Gasteiger partial charge is 0.340 e. The molecule has 0 saturated carbocycles. The minimum Gasteiger partial charge on any atom is -0.469 e. The van der Waals surface area contributed by atoms with E-state index in [1.165, 1.54) is 12.0 Å². The maximum absolute atomic E-state index is 12.5. The molecule has 0 saturated heterocycles. The summed E-state index contributed by atoms with van der Waals surface area (Å²) in [6.45, 7) is 9.49. The molecule has 0 spiro atoms. The molecule has 130 valence electrons. The average molecular weight is 337 g/mol. The molecule has 0 N–H and O–H groups in total. The monoisotopic (exact) mass is 337 g/mol. The Balaban J connectivity index is 5.03. The number of nitrogens with zero attached hydrogens (tertiary/aromatic N) is 1. The first-order valence-corrected chi connectivity index (χ1v) is 9.07. The van der Waals surface area contributed by atoms with E-state index in [4.69, 9.17) is 9.05 Å². The van der Waals surface area contributed by atoms with Crippen molar-refractivity contribution in [2.24, 2.45) is 0 Å². The van der Waals surface area contributed by atoms with Gasteiger partial charge < -0.3 is 18.7 Å². The summed E-state index contributed by atoms with van der Waals surface area (Å²) in [5.74, 6) is -0.776. The minimum absolute atomic E-state index is 0.0765. The molecular weight excluding hydrogens is 309 g/mol. The van der Waals surface area contributed by atoms with Crippen molar-refractivity contribution in [3.63, 3.8) is 0 Å². The lowest BCUT2D eigenvalue weighted by Crippen LogP contribution is -2.48. The average Bonchev–Trinajstić information content (AvgIpc) is 2.37. The molecule has 0 bridgehead atoms. The van der Waals surface area contributed by atoms with Gasteiger partial charge in [0.05, 0.1) is 26.7 Å². The molecule has 0 fully saturated rings. The van der Waals surface area contributed by atoms with Gasteiger partial charge in [-0.15, -0.1) is 0 Å². The number of hydrogen-bond donors (Lipinski definition) is 0. The lowest BCUT2D eigenvalue weighted by atomic mass is 10.1. The second-order valence-corrected chi connectivity index (χ2v) is 7.70. The van der Waals surface area contributed by atoms with E-state index >= 15 is 0 Å². The summed E-state index contributed by atoms with van der Waals surface area (Å²) < 4.78 is 27.3. The number of amides is 1. The first kappa shape index (κ1) is 21.1. The highest BCUT2D eigenvalue weighted by molar-refractivity contribution is 7.54. The van der Waals surface area contributed by atoms with Crippen molar-refractivity contribution < 1.29 is 27.9 Å². The first-order chi connectivity index (χ1) is 10.1. The molecule has 0 aliphatic carbocycles. The fourth-order valence-electron chi connectivity index (χ4n) is 1.91. The van der Waals surface area contributed by atoms with Gasteiger partial charge in [0, 0.05) is 12.1 Å². The third-order valence-corrected chi connectivity index (χ3v) is 4.82. The number of hydrogen-bond acceptors (Lipinski definition) is 6. The summed E-state index contributed by atoms with van der Waals surface area (Å²) in [7, 11) is -2.16. The second-order valence-electron chi connectivity index (χ2n) is 5.65. The van der Waals surface area contributed by atoms with Crippen LogP contribution >= 0.6 is 7.60 Å². The quantitative estimate of drug-likeness (QED) is 0.475. The normalized spacial score (nSPS) is 12.1. The molecule has 0 radical (unpaired) electrons. The zero-order valence-corrected chi connectivity index (χ0v) is 15.3. The third-order valence-electron chi connectivity index (χ3n) is 2.86. The summed E-state index contributed by atoms with van der Waals surface area (Å²) in [6, 6.07) is 0. The van der Waals surface area contributed by atoms with E-state index in [0.29, 0.717) is 0 Å². The number of methoxy groups -OCH3 is 1. The first-order valence-electron chi connectivity index (χ1n) is 7.35. The van der Waals surface area contributed by atoms with Crippen LogP contribution in [0.5, 0.6) is 0 Å². The number of rotatable bonds is 9. The van der Waals surface area contributed by atoms with Gasteiger partial charge in [0.2, 0.25) is 5.91 Å². The maximum Gasteiger partial charge on any atom is 0.340 e. The Morgan fingerprint density at radius 3 is 1.95 bits per heavy atom. The van der Waals surface area contributed by atoms with Crippen LogP contribution in [0, 0.1) is 0 Å². The van der Waals surface area contributed by atoms with E-state index in [0.717, 1.165) is 0 Å². The van der Waals surface area contributed by atoms with Gasteiger partial charge in [-0.3, -0.25) is 14.2 Å². The van der Waals surface area contributed by atoms with Gasteiger partial charge in [-0.25, -0.2) is 0 Å². The fourth-order valence-corrected chi connectivity index (χ4v) is 3.46. The maximum atomic E-state index is 12.5. The van der Waals surface area contributed by atoms with Crippen molar-refractivity contribution in [3.05, 3.63) is 0 Å². The fraction of sp³-hybridized carbons (Fsp3) is 0.857. The highest BCUT2D eigenvalue weighted by atomic mass is 31.2. The van der Waals surface area contributed by atoms with Crippen LogP contribution in [0.15, 0.2) is 0 Å². The zero-order valence-electron chi connectivity index (χ0n) is 14.4. The van der Waals surface area contributed by atoms with E-state index in [1.54, 1.807) is 13.8 Å². The van der Waals surface area contributed by atoms with E-state index < -0.39 is 19.1 Å². The van der Waals surface area contributed by atoms with Crippen molar-refractivity contribution in [3.8, 4) is 0 Å². The lowest BCUT2D eigenvalue weighted by Gasteiger charge is -2.36. The van der Waals surface area contributed by atoms with Crippen LogP contribution in [0.25, 0.3) is 0 Å². The van der Waals surface area contributed by atoms with Crippen LogP contribution in [0.3, 0.4) is 0 Å². The van der Waals surface area contributed by atoms with E-state index in [1.807, 2.05) is 20.8 Å². The second kappa shape index (κ2) is 9.28. The molecule has 8 heteroatoms. The molecule has 0 aliphatic rings. The highest BCUT2D eigenvalue weighted by Crippen LogP contribution is 2.48. The van der Waals surface area contributed by atoms with Gasteiger partial charge in [0.1, 0.15) is 6.16 Å². The van der Waals surface area contributed by atoms with Gasteiger partial charge in [-0.1, -0.05) is 0 Å². The van der Waals surface area contributed by atoms with E-state index in [-0.39, 0.29) is 38.2 Å². The molecule has 0 unspecified atom stereocenters. The Hall–Kier alpha value is -0.910. The van der Waals surface area contributed by atoms with Crippen LogP contribution in [-0.4, -0.2) is 55.3 Å². The summed E-state index contributed by atoms with van der Waals surface area (Å²) in [5, 5.41) is 0.